The fourth-order valence-electron chi connectivity index (χ4n) is 1.97. The Morgan fingerprint density at radius 3 is 2.19 bits per heavy atom. The molecule has 0 radical (unpaired) electrons. The van der Waals surface area contributed by atoms with Crippen LogP contribution in [0.1, 0.15) is 32.8 Å². The molecule has 0 saturated heterocycles. The highest BCUT2D eigenvalue weighted by Gasteiger charge is 2.29. The maximum absolute atomic E-state index is 12.2. The van der Waals surface area contributed by atoms with Gasteiger partial charge in [-0.15, -0.1) is 0 Å². The van der Waals surface area contributed by atoms with Gasteiger partial charge in [-0.05, 0) is 39.3 Å². The van der Waals surface area contributed by atoms with Crippen molar-refractivity contribution in [2.24, 2.45) is 0 Å². The Morgan fingerprint density at radius 1 is 1.24 bits per heavy atom. The minimum atomic E-state index is -3.55. The lowest BCUT2D eigenvalue weighted by Crippen LogP contribution is -2.49. The van der Waals surface area contributed by atoms with E-state index >= 15 is 0 Å². The molecule has 0 aromatic heterocycles. The average molecular weight is 312 g/mol. The largest absolute Gasteiger partial charge is 0.352 e. The lowest BCUT2D eigenvalue weighted by atomic mass is 10.2. The standard InChI is InChI=1S/C15H24N2O3S/c1-6-12(3)16-15(18)13(4)17(21(5,19)20)14-9-7-11(2)8-10-14/h7-10,12-13H,6H2,1-5H3,(H,16,18)/t12-,13+/m1/s1. The predicted octanol–water partition coefficient (Wildman–Crippen LogP) is 2.06. The van der Waals surface area contributed by atoms with Crippen LogP contribution in [-0.2, 0) is 14.8 Å². The molecule has 0 spiro atoms. The van der Waals surface area contributed by atoms with E-state index in [-0.39, 0.29) is 11.9 Å². The lowest BCUT2D eigenvalue weighted by Gasteiger charge is -2.29. The highest BCUT2D eigenvalue weighted by Crippen LogP contribution is 2.21. The van der Waals surface area contributed by atoms with Gasteiger partial charge in [0.25, 0.3) is 0 Å². The van der Waals surface area contributed by atoms with Gasteiger partial charge in [0, 0.05) is 6.04 Å². The summed E-state index contributed by atoms with van der Waals surface area (Å²) in [6.45, 7) is 7.37. The smallest absolute Gasteiger partial charge is 0.243 e. The molecule has 0 unspecified atom stereocenters. The van der Waals surface area contributed by atoms with E-state index in [0.29, 0.717) is 5.69 Å². The first kappa shape index (κ1) is 17.5. The van der Waals surface area contributed by atoms with Gasteiger partial charge in [-0.2, -0.15) is 0 Å². The van der Waals surface area contributed by atoms with Crippen molar-refractivity contribution in [3.05, 3.63) is 29.8 Å². The number of sulfonamides is 1. The zero-order valence-electron chi connectivity index (χ0n) is 13.3. The third-order valence-corrected chi connectivity index (χ3v) is 4.62. The molecule has 1 N–H and O–H groups in total. The van der Waals surface area contributed by atoms with Crippen LogP contribution < -0.4 is 9.62 Å². The molecule has 0 saturated carbocycles. The summed E-state index contributed by atoms with van der Waals surface area (Å²) >= 11 is 0. The molecular formula is C15H24N2O3S. The van der Waals surface area contributed by atoms with E-state index < -0.39 is 16.1 Å². The van der Waals surface area contributed by atoms with Crippen LogP contribution >= 0.6 is 0 Å². The molecule has 1 aromatic carbocycles. The molecule has 6 heteroatoms. The van der Waals surface area contributed by atoms with E-state index in [0.717, 1.165) is 22.5 Å². The van der Waals surface area contributed by atoms with Crippen molar-refractivity contribution in [2.45, 2.75) is 46.2 Å². The number of hydrogen-bond acceptors (Lipinski definition) is 3. The molecule has 1 amide bonds. The summed E-state index contributed by atoms with van der Waals surface area (Å²) in [4.78, 5) is 12.2. The molecule has 0 aliphatic heterocycles. The van der Waals surface area contributed by atoms with Gasteiger partial charge >= 0.3 is 0 Å². The first-order valence-corrected chi connectivity index (χ1v) is 8.88. The van der Waals surface area contributed by atoms with Crippen LogP contribution in [0.4, 0.5) is 5.69 Å². The number of aryl methyl sites for hydroxylation is 1. The molecule has 2 atom stereocenters. The van der Waals surface area contributed by atoms with Crippen LogP contribution in [0.3, 0.4) is 0 Å². The van der Waals surface area contributed by atoms with Crippen LogP contribution in [0.25, 0.3) is 0 Å². The minimum Gasteiger partial charge on any atom is -0.352 e. The number of anilines is 1. The molecule has 21 heavy (non-hydrogen) atoms. The van der Waals surface area contributed by atoms with Crippen molar-refractivity contribution in [1.82, 2.24) is 5.32 Å². The Morgan fingerprint density at radius 2 is 1.76 bits per heavy atom. The number of hydrogen-bond donors (Lipinski definition) is 1. The Kier molecular flexibility index (Phi) is 5.78. The number of nitrogens with zero attached hydrogens (tertiary/aromatic N) is 1. The van der Waals surface area contributed by atoms with Gasteiger partial charge in [0.05, 0.1) is 11.9 Å². The molecular weight excluding hydrogens is 288 g/mol. The molecule has 1 aromatic rings. The summed E-state index contributed by atoms with van der Waals surface area (Å²) in [6, 6.07) is 6.29. The highest BCUT2D eigenvalue weighted by atomic mass is 32.2. The van der Waals surface area contributed by atoms with Crippen LogP contribution in [0.5, 0.6) is 0 Å². The molecule has 5 nitrogen and oxygen atoms in total. The SMILES string of the molecule is CC[C@@H](C)NC(=O)[C@H](C)N(c1ccc(C)cc1)S(C)(=O)=O. The first-order chi connectivity index (χ1) is 9.66. The van der Waals surface area contributed by atoms with E-state index in [1.165, 1.54) is 0 Å². The molecule has 0 bridgehead atoms. The Hall–Kier alpha value is -1.56. The van der Waals surface area contributed by atoms with Gasteiger partial charge in [0.15, 0.2) is 0 Å². The molecule has 0 heterocycles. The third kappa shape index (κ3) is 4.74. The summed E-state index contributed by atoms with van der Waals surface area (Å²) in [6.07, 6.45) is 1.90. The van der Waals surface area contributed by atoms with E-state index in [4.69, 9.17) is 0 Å². The quantitative estimate of drug-likeness (QED) is 0.874. The Bertz CT molecular complexity index is 581. The number of amides is 1. The first-order valence-electron chi connectivity index (χ1n) is 7.03. The van der Waals surface area contributed by atoms with E-state index in [1.54, 1.807) is 19.1 Å². The summed E-state index contributed by atoms with van der Waals surface area (Å²) in [5.41, 5.74) is 1.53. The molecule has 118 valence electrons. The van der Waals surface area contributed by atoms with E-state index in [2.05, 4.69) is 5.32 Å². The highest BCUT2D eigenvalue weighted by molar-refractivity contribution is 7.92. The summed E-state index contributed by atoms with van der Waals surface area (Å²) in [7, 11) is -3.55. The fraction of sp³-hybridized carbons (Fsp3) is 0.533. The zero-order chi connectivity index (χ0) is 16.2. The molecule has 1 rings (SSSR count). The average Bonchev–Trinajstić information content (AvgIpc) is 2.39. The molecule has 0 aliphatic rings. The minimum absolute atomic E-state index is 0.0133. The van der Waals surface area contributed by atoms with Crippen molar-refractivity contribution in [3.63, 3.8) is 0 Å². The second kappa shape index (κ2) is 6.93. The van der Waals surface area contributed by atoms with Gasteiger partial charge < -0.3 is 5.32 Å². The Balaban J connectivity index is 3.09. The number of benzene rings is 1. The monoisotopic (exact) mass is 312 g/mol. The van der Waals surface area contributed by atoms with Crippen LogP contribution in [0.15, 0.2) is 24.3 Å². The normalized spacial score (nSPS) is 14.3. The molecule has 0 fully saturated rings. The van der Waals surface area contributed by atoms with Crippen LogP contribution in [-0.4, -0.2) is 32.7 Å². The maximum Gasteiger partial charge on any atom is 0.243 e. The van der Waals surface area contributed by atoms with E-state index in [1.807, 2.05) is 32.9 Å². The summed E-state index contributed by atoms with van der Waals surface area (Å²) in [5.74, 6) is -0.296. The van der Waals surface area contributed by atoms with Gasteiger partial charge in [-0.3, -0.25) is 9.10 Å². The van der Waals surface area contributed by atoms with Gasteiger partial charge in [-0.1, -0.05) is 24.6 Å². The summed E-state index contributed by atoms with van der Waals surface area (Å²) < 4.78 is 25.3. The van der Waals surface area contributed by atoms with Gasteiger partial charge in [0.1, 0.15) is 6.04 Å². The number of nitrogens with one attached hydrogen (secondary N) is 1. The number of carbonyl (C=O) groups is 1. The second-order valence-corrected chi connectivity index (χ2v) is 7.25. The fourth-order valence-corrected chi connectivity index (χ4v) is 3.14. The third-order valence-electron chi connectivity index (χ3n) is 3.38. The van der Waals surface area contributed by atoms with Crippen molar-refractivity contribution in [2.75, 3.05) is 10.6 Å². The lowest BCUT2D eigenvalue weighted by molar-refractivity contribution is -0.122. The predicted molar refractivity (Wildman–Crippen MR) is 85.9 cm³/mol. The van der Waals surface area contributed by atoms with Gasteiger partial charge in [0.2, 0.25) is 15.9 Å². The maximum atomic E-state index is 12.2. The van der Waals surface area contributed by atoms with Crippen LogP contribution in [0.2, 0.25) is 0 Å². The topological polar surface area (TPSA) is 66.5 Å². The molecule has 0 aliphatic carbocycles. The van der Waals surface area contributed by atoms with Crippen LogP contribution in [0, 0.1) is 6.92 Å². The summed E-state index contributed by atoms with van der Waals surface area (Å²) in [5, 5.41) is 2.82. The second-order valence-electron chi connectivity index (χ2n) is 5.39. The Labute approximate surface area is 127 Å². The van der Waals surface area contributed by atoms with Crippen molar-refractivity contribution < 1.29 is 13.2 Å². The van der Waals surface area contributed by atoms with Crippen molar-refractivity contribution >= 4 is 21.6 Å². The zero-order valence-corrected chi connectivity index (χ0v) is 14.1. The number of rotatable bonds is 6. The van der Waals surface area contributed by atoms with Crippen molar-refractivity contribution in [3.8, 4) is 0 Å². The van der Waals surface area contributed by atoms with Gasteiger partial charge in [-0.25, -0.2) is 8.42 Å². The van der Waals surface area contributed by atoms with Crippen molar-refractivity contribution in [1.29, 1.82) is 0 Å². The number of carbonyl (C=O) groups excluding carboxylic acids is 1. The van der Waals surface area contributed by atoms with E-state index in [9.17, 15) is 13.2 Å².